The van der Waals surface area contributed by atoms with Crippen LogP contribution in [0.3, 0.4) is 0 Å². The minimum absolute atomic E-state index is 0.0451. The summed E-state index contributed by atoms with van der Waals surface area (Å²) in [6.45, 7) is 12.2. The van der Waals surface area contributed by atoms with Gasteiger partial charge in [0.25, 0.3) is 5.91 Å². The highest BCUT2D eigenvalue weighted by atomic mass is 79.9. The first-order valence-corrected chi connectivity index (χ1v) is 10.1. The summed E-state index contributed by atoms with van der Waals surface area (Å²) in [6, 6.07) is 10.3. The highest BCUT2D eigenvalue weighted by Gasteiger charge is 2.17. The predicted octanol–water partition coefficient (Wildman–Crippen LogP) is 4.15. The number of carbonyl (C=O) groups is 1. The number of anilines is 1. The average Bonchev–Trinajstić information content (AvgIpc) is 2.94. The molecule has 0 bridgehead atoms. The van der Waals surface area contributed by atoms with Gasteiger partial charge in [-0.05, 0) is 58.1 Å². The fourth-order valence-electron chi connectivity index (χ4n) is 2.86. The largest absolute Gasteiger partial charge is 0.321 e. The Morgan fingerprint density at radius 3 is 2.72 bits per heavy atom. The molecule has 25 heavy (non-hydrogen) atoms. The normalized spacial score (nSPS) is 12.2. The highest BCUT2D eigenvalue weighted by Crippen LogP contribution is 2.27. The van der Waals surface area contributed by atoms with Crippen molar-refractivity contribution in [3.05, 3.63) is 62.8 Å². The predicted molar refractivity (Wildman–Crippen MR) is 111 cm³/mol. The average molecular weight is 422 g/mol. The van der Waals surface area contributed by atoms with E-state index in [1.807, 2.05) is 31.2 Å². The molecule has 5 heteroatoms. The first-order valence-electron chi connectivity index (χ1n) is 8.48. The lowest BCUT2D eigenvalue weighted by Gasteiger charge is -2.19. The van der Waals surface area contributed by atoms with Crippen molar-refractivity contribution in [2.45, 2.75) is 33.2 Å². The molecule has 0 fully saturated rings. The van der Waals surface area contributed by atoms with E-state index < -0.39 is 0 Å². The molecule has 0 aliphatic carbocycles. The van der Waals surface area contributed by atoms with Gasteiger partial charge < -0.3 is 10.2 Å². The number of carbonyl (C=O) groups excluding carboxylic acids is 1. The monoisotopic (exact) mass is 421 g/mol. The van der Waals surface area contributed by atoms with Crippen molar-refractivity contribution < 1.29 is 9.69 Å². The van der Waals surface area contributed by atoms with Crippen LogP contribution in [-0.2, 0) is 11.3 Å². The number of rotatable bonds is 8. The summed E-state index contributed by atoms with van der Waals surface area (Å²) in [5.41, 5.74) is 3.24. The minimum Gasteiger partial charge on any atom is -0.321 e. The number of halogens is 1. The number of hydrogen-bond acceptors (Lipinski definition) is 2. The van der Waals surface area contributed by atoms with E-state index in [9.17, 15) is 4.79 Å². The van der Waals surface area contributed by atoms with E-state index in [1.54, 1.807) is 11.3 Å². The van der Waals surface area contributed by atoms with Crippen LogP contribution < -0.4 is 10.2 Å². The van der Waals surface area contributed by atoms with Gasteiger partial charge in [-0.3, -0.25) is 4.79 Å². The lowest BCUT2D eigenvalue weighted by atomic mass is 9.98. The zero-order valence-electron chi connectivity index (χ0n) is 15.1. The third-order valence-corrected chi connectivity index (χ3v) is 5.71. The molecule has 1 heterocycles. The third-order valence-electron chi connectivity index (χ3n) is 4.09. The second-order valence-corrected chi connectivity index (χ2v) is 9.09. The summed E-state index contributed by atoms with van der Waals surface area (Å²) in [4.78, 5) is 15.1. The number of benzene rings is 1. The SMILES string of the molecule is C=CC[NH+](CC(=O)Nc1c(C)cccc1C(C)C)Cc1ccc(Br)s1. The molecule has 1 amide bonds. The zero-order valence-corrected chi connectivity index (χ0v) is 17.5. The van der Waals surface area contributed by atoms with E-state index in [0.717, 1.165) is 28.1 Å². The molecule has 0 saturated heterocycles. The van der Waals surface area contributed by atoms with Crippen molar-refractivity contribution in [3.8, 4) is 0 Å². The van der Waals surface area contributed by atoms with Crippen molar-refractivity contribution >= 4 is 38.9 Å². The van der Waals surface area contributed by atoms with E-state index >= 15 is 0 Å². The van der Waals surface area contributed by atoms with Crippen LogP contribution in [0.4, 0.5) is 5.69 Å². The van der Waals surface area contributed by atoms with E-state index in [1.165, 1.54) is 15.3 Å². The number of amides is 1. The Hall–Kier alpha value is -1.43. The van der Waals surface area contributed by atoms with Crippen molar-refractivity contribution in [1.82, 2.24) is 0 Å². The van der Waals surface area contributed by atoms with Gasteiger partial charge in [0.1, 0.15) is 6.54 Å². The molecule has 1 aromatic carbocycles. The quantitative estimate of drug-likeness (QED) is 0.616. The lowest BCUT2D eigenvalue weighted by molar-refractivity contribution is -0.899. The molecule has 0 radical (unpaired) electrons. The van der Waals surface area contributed by atoms with Gasteiger partial charge in [-0.2, -0.15) is 0 Å². The van der Waals surface area contributed by atoms with Crippen LogP contribution in [-0.4, -0.2) is 19.0 Å². The van der Waals surface area contributed by atoms with Crippen LogP contribution in [0.15, 0.2) is 46.8 Å². The summed E-state index contributed by atoms with van der Waals surface area (Å²) in [5, 5.41) is 3.14. The first kappa shape index (κ1) is 19.9. The molecule has 0 spiro atoms. The van der Waals surface area contributed by atoms with Gasteiger partial charge in [-0.15, -0.1) is 11.3 Å². The van der Waals surface area contributed by atoms with Crippen LogP contribution in [0.2, 0.25) is 0 Å². The second kappa shape index (κ2) is 9.32. The molecule has 0 aliphatic rings. The number of quaternary nitrogens is 1. The molecular weight excluding hydrogens is 396 g/mol. The molecule has 2 N–H and O–H groups in total. The Balaban J connectivity index is 2.08. The van der Waals surface area contributed by atoms with Crippen molar-refractivity contribution in [1.29, 1.82) is 0 Å². The number of para-hydroxylation sites is 1. The van der Waals surface area contributed by atoms with E-state index in [2.05, 4.69) is 53.8 Å². The fraction of sp³-hybridized carbons (Fsp3) is 0.350. The van der Waals surface area contributed by atoms with Crippen molar-refractivity contribution in [2.24, 2.45) is 0 Å². The highest BCUT2D eigenvalue weighted by molar-refractivity contribution is 9.11. The number of thiophene rings is 1. The number of hydrogen-bond donors (Lipinski definition) is 2. The summed E-state index contributed by atoms with van der Waals surface area (Å²) in [5.74, 6) is 0.416. The lowest BCUT2D eigenvalue weighted by Crippen LogP contribution is -3.11. The van der Waals surface area contributed by atoms with Crippen LogP contribution in [0.1, 0.15) is 35.8 Å². The molecule has 2 rings (SSSR count). The topological polar surface area (TPSA) is 33.5 Å². The number of aryl methyl sites for hydroxylation is 1. The van der Waals surface area contributed by atoms with E-state index in [-0.39, 0.29) is 5.91 Å². The molecule has 1 atom stereocenters. The van der Waals surface area contributed by atoms with Crippen molar-refractivity contribution in [2.75, 3.05) is 18.4 Å². The molecule has 2 aromatic rings. The Bertz CT molecular complexity index is 739. The van der Waals surface area contributed by atoms with Crippen LogP contribution >= 0.6 is 27.3 Å². The summed E-state index contributed by atoms with van der Waals surface area (Å²) >= 11 is 5.21. The second-order valence-electron chi connectivity index (χ2n) is 6.54. The van der Waals surface area contributed by atoms with Crippen molar-refractivity contribution in [3.63, 3.8) is 0 Å². The smallest absolute Gasteiger partial charge is 0.279 e. The maximum Gasteiger partial charge on any atom is 0.279 e. The Kier molecular flexibility index (Phi) is 7.41. The van der Waals surface area contributed by atoms with Gasteiger partial charge >= 0.3 is 0 Å². The van der Waals surface area contributed by atoms with Crippen LogP contribution in [0, 0.1) is 6.92 Å². The van der Waals surface area contributed by atoms with Gasteiger partial charge in [0.05, 0.1) is 15.2 Å². The van der Waals surface area contributed by atoms with Gasteiger partial charge in [-0.1, -0.05) is 38.6 Å². The Labute approximate surface area is 162 Å². The van der Waals surface area contributed by atoms with Gasteiger partial charge in [-0.25, -0.2) is 0 Å². The van der Waals surface area contributed by atoms with Crippen LogP contribution in [0.5, 0.6) is 0 Å². The summed E-state index contributed by atoms with van der Waals surface area (Å²) < 4.78 is 1.12. The van der Waals surface area contributed by atoms with Gasteiger partial charge in [0, 0.05) is 5.69 Å². The molecule has 0 aliphatic heterocycles. The first-order chi connectivity index (χ1) is 11.9. The Morgan fingerprint density at radius 2 is 2.12 bits per heavy atom. The van der Waals surface area contributed by atoms with E-state index in [0.29, 0.717) is 12.5 Å². The molecular formula is C20H26BrN2OS+. The molecule has 1 unspecified atom stereocenters. The fourth-order valence-corrected chi connectivity index (χ4v) is 4.41. The van der Waals surface area contributed by atoms with E-state index in [4.69, 9.17) is 0 Å². The Morgan fingerprint density at radius 1 is 1.36 bits per heavy atom. The summed E-state index contributed by atoms with van der Waals surface area (Å²) in [6.07, 6.45) is 1.87. The molecule has 134 valence electrons. The molecule has 1 aromatic heterocycles. The standard InChI is InChI=1S/C20H25BrN2OS/c1-5-11-23(12-16-9-10-18(21)25-16)13-19(24)22-20-15(4)7-6-8-17(20)14(2)3/h5-10,14H,1,11-13H2,2-4H3,(H,22,24)/p+1. The minimum atomic E-state index is 0.0451. The zero-order chi connectivity index (χ0) is 18.4. The maximum absolute atomic E-state index is 12.6. The molecule has 3 nitrogen and oxygen atoms in total. The van der Waals surface area contributed by atoms with Gasteiger partial charge in [0.15, 0.2) is 6.54 Å². The third kappa shape index (κ3) is 5.80. The van der Waals surface area contributed by atoms with Crippen LogP contribution in [0.25, 0.3) is 0 Å². The van der Waals surface area contributed by atoms with Gasteiger partial charge in [0.2, 0.25) is 0 Å². The molecule has 0 saturated carbocycles. The number of nitrogens with one attached hydrogen (secondary N) is 2. The summed E-state index contributed by atoms with van der Waals surface area (Å²) in [7, 11) is 0. The maximum atomic E-state index is 12.6.